The SMILES string of the molecule is Cc1cc(I)ccc1-c1ccc(Br)cc1CN. The molecule has 0 atom stereocenters. The van der Waals surface area contributed by atoms with Gasteiger partial charge in [-0.05, 0) is 76.0 Å². The van der Waals surface area contributed by atoms with Crippen LogP contribution in [0.25, 0.3) is 11.1 Å². The number of aryl methyl sites for hydroxylation is 1. The Hall–Kier alpha value is -0.390. The third-order valence-electron chi connectivity index (χ3n) is 2.77. The minimum absolute atomic E-state index is 0.556. The summed E-state index contributed by atoms with van der Waals surface area (Å²) in [6.45, 7) is 2.69. The summed E-state index contributed by atoms with van der Waals surface area (Å²) >= 11 is 5.82. The molecule has 0 aromatic heterocycles. The average Bonchev–Trinajstić information content (AvgIpc) is 2.30. The maximum Gasteiger partial charge on any atom is 0.0184 e. The normalized spacial score (nSPS) is 10.6. The second-order valence-corrected chi connectivity index (χ2v) is 6.13. The van der Waals surface area contributed by atoms with Crippen molar-refractivity contribution in [3.63, 3.8) is 0 Å². The largest absolute Gasteiger partial charge is 0.326 e. The second kappa shape index (κ2) is 5.50. The van der Waals surface area contributed by atoms with Crippen molar-refractivity contribution in [2.45, 2.75) is 13.5 Å². The molecule has 0 saturated heterocycles. The van der Waals surface area contributed by atoms with E-state index in [1.165, 1.54) is 25.8 Å². The Balaban J connectivity index is 2.60. The molecule has 0 aliphatic heterocycles. The highest BCUT2D eigenvalue weighted by molar-refractivity contribution is 14.1. The predicted molar refractivity (Wildman–Crippen MR) is 84.9 cm³/mol. The first kappa shape index (κ1) is 13.1. The molecular formula is C14H13BrIN. The fourth-order valence-electron chi connectivity index (χ4n) is 1.92. The van der Waals surface area contributed by atoms with Crippen LogP contribution < -0.4 is 5.73 Å². The van der Waals surface area contributed by atoms with Gasteiger partial charge in [-0.1, -0.05) is 28.1 Å². The summed E-state index contributed by atoms with van der Waals surface area (Å²) in [7, 11) is 0. The van der Waals surface area contributed by atoms with Crippen molar-refractivity contribution in [2.24, 2.45) is 5.73 Å². The van der Waals surface area contributed by atoms with Crippen molar-refractivity contribution in [2.75, 3.05) is 0 Å². The molecule has 0 bridgehead atoms. The summed E-state index contributed by atoms with van der Waals surface area (Å²) in [5.74, 6) is 0. The van der Waals surface area contributed by atoms with Crippen LogP contribution in [0.5, 0.6) is 0 Å². The molecule has 0 amide bonds. The molecule has 2 aromatic rings. The lowest BCUT2D eigenvalue weighted by Gasteiger charge is -2.11. The summed E-state index contributed by atoms with van der Waals surface area (Å²) in [5.41, 5.74) is 10.8. The van der Waals surface area contributed by atoms with Crippen LogP contribution in [0, 0.1) is 10.5 Å². The van der Waals surface area contributed by atoms with Gasteiger partial charge in [0.25, 0.3) is 0 Å². The number of nitrogens with two attached hydrogens (primary N) is 1. The van der Waals surface area contributed by atoms with E-state index in [1.54, 1.807) is 0 Å². The molecule has 3 heteroatoms. The van der Waals surface area contributed by atoms with Crippen LogP contribution in [0.1, 0.15) is 11.1 Å². The van der Waals surface area contributed by atoms with Gasteiger partial charge in [0.1, 0.15) is 0 Å². The van der Waals surface area contributed by atoms with Gasteiger partial charge in [-0.15, -0.1) is 0 Å². The van der Waals surface area contributed by atoms with E-state index in [1.807, 2.05) is 0 Å². The average molecular weight is 402 g/mol. The lowest BCUT2D eigenvalue weighted by Crippen LogP contribution is -1.99. The summed E-state index contributed by atoms with van der Waals surface area (Å²) in [4.78, 5) is 0. The van der Waals surface area contributed by atoms with Crippen LogP contribution in [0.3, 0.4) is 0 Å². The van der Waals surface area contributed by atoms with Crippen molar-refractivity contribution in [1.29, 1.82) is 0 Å². The number of halogens is 2. The summed E-state index contributed by atoms with van der Waals surface area (Å²) in [5, 5.41) is 0. The third kappa shape index (κ3) is 2.89. The number of rotatable bonds is 2. The van der Waals surface area contributed by atoms with Gasteiger partial charge < -0.3 is 5.73 Å². The first-order valence-corrected chi connectivity index (χ1v) is 7.24. The van der Waals surface area contributed by atoms with Gasteiger partial charge in [-0.2, -0.15) is 0 Å². The Morgan fingerprint density at radius 2 is 1.82 bits per heavy atom. The van der Waals surface area contributed by atoms with Crippen LogP contribution in [-0.4, -0.2) is 0 Å². The molecule has 17 heavy (non-hydrogen) atoms. The van der Waals surface area contributed by atoms with Crippen LogP contribution >= 0.6 is 38.5 Å². The topological polar surface area (TPSA) is 26.0 Å². The van der Waals surface area contributed by atoms with Crippen molar-refractivity contribution in [3.8, 4) is 11.1 Å². The molecule has 88 valence electrons. The lowest BCUT2D eigenvalue weighted by atomic mass is 9.96. The highest BCUT2D eigenvalue weighted by Gasteiger charge is 2.07. The Bertz CT molecular complexity index is 552. The molecule has 0 radical (unpaired) electrons. The number of hydrogen-bond acceptors (Lipinski definition) is 1. The Morgan fingerprint density at radius 3 is 2.47 bits per heavy atom. The zero-order chi connectivity index (χ0) is 12.4. The maximum absolute atomic E-state index is 5.81. The highest BCUT2D eigenvalue weighted by atomic mass is 127. The second-order valence-electron chi connectivity index (χ2n) is 3.96. The Morgan fingerprint density at radius 1 is 1.12 bits per heavy atom. The smallest absolute Gasteiger partial charge is 0.0184 e. The molecule has 0 heterocycles. The monoisotopic (exact) mass is 401 g/mol. The molecule has 1 nitrogen and oxygen atoms in total. The van der Waals surface area contributed by atoms with Crippen molar-refractivity contribution in [3.05, 3.63) is 55.6 Å². The van der Waals surface area contributed by atoms with E-state index in [9.17, 15) is 0 Å². The van der Waals surface area contributed by atoms with Crippen LogP contribution in [0.2, 0.25) is 0 Å². The standard InChI is InChI=1S/C14H13BrIN/c1-9-6-12(16)3-5-13(9)14-4-2-11(15)7-10(14)8-17/h2-7H,8,17H2,1H3. The zero-order valence-corrected chi connectivity index (χ0v) is 13.2. The van der Waals surface area contributed by atoms with Gasteiger partial charge in [0.05, 0.1) is 0 Å². The molecular weight excluding hydrogens is 389 g/mol. The fraction of sp³-hybridized carbons (Fsp3) is 0.143. The lowest BCUT2D eigenvalue weighted by molar-refractivity contribution is 1.07. The number of benzene rings is 2. The van der Waals surface area contributed by atoms with Gasteiger partial charge in [-0.3, -0.25) is 0 Å². The maximum atomic E-state index is 5.81. The Labute approximate surface area is 124 Å². The highest BCUT2D eigenvalue weighted by Crippen LogP contribution is 2.29. The minimum Gasteiger partial charge on any atom is -0.326 e. The van der Waals surface area contributed by atoms with Crippen LogP contribution in [-0.2, 0) is 6.54 Å². The van der Waals surface area contributed by atoms with Gasteiger partial charge in [0.15, 0.2) is 0 Å². The molecule has 2 N–H and O–H groups in total. The van der Waals surface area contributed by atoms with Crippen LogP contribution in [0.15, 0.2) is 40.9 Å². The van der Waals surface area contributed by atoms with Crippen molar-refractivity contribution in [1.82, 2.24) is 0 Å². The van der Waals surface area contributed by atoms with E-state index in [0.717, 1.165) is 4.47 Å². The molecule has 0 spiro atoms. The van der Waals surface area contributed by atoms with Gasteiger partial charge in [0, 0.05) is 14.6 Å². The van der Waals surface area contributed by atoms with Gasteiger partial charge >= 0.3 is 0 Å². The molecule has 2 aromatic carbocycles. The quantitative estimate of drug-likeness (QED) is 0.737. The molecule has 0 aliphatic carbocycles. The van der Waals surface area contributed by atoms with Gasteiger partial charge in [-0.25, -0.2) is 0 Å². The summed E-state index contributed by atoms with van der Waals surface area (Å²) < 4.78 is 2.33. The van der Waals surface area contributed by atoms with E-state index in [0.29, 0.717) is 6.54 Å². The zero-order valence-electron chi connectivity index (χ0n) is 9.50. The van der Waals surface area contributed by atoms with E-state index in [4.69, 9.17) is 5.73 Å². The number of hydrogen-bond donors (Lipinski definition) is 1. The van der Waals surface area contributed by atoms with Crippen LogP contribution in [0.4, 0.5) is 0 Å². The predicted octanol–water partition coefficient (Wildman–Crippen LogP) is 4.49. The first-order chi connectivity index (χ1) is 8.11. The molecule has 0 saturated carbocycles. The molecule has 0 aliphatic rings. The minimum atomic E-state index is 0.556. The molecule has 0 fully saturated rings. The van der Waals surface area contributed by atoms with Gasteiger partial charge in [0.2, 0.25) is 0 Å². The first-order valence-electron chi connectivity index (χ1n) is 5.37. The van der Waals surface area contributed by atoms with E-state index in [-0.39, 0.29) is 0 Å². The summed E-state index contributed by atoms with van der Waals surface area (Å²) in [6.07, 6.45) is 0. The van der Waals surface area contributed by atoms with Crippen molar-refractivity contribution >= 4 is 38.5 Å². The van der Waals surface area contributed by atoms with E-state index in [2.05, 4.69) is 81.8 Å². The van der Waals surface area contributed by atoms with E-state index < -0.39 is 0 Å². The molecule has 2 rings (SSSR count). The van der Waals surface area contributed by atoms with Crippen molar-refractivity contribution < 1.29 is 0 Å². The fourth-order valence-corrected chi connectivity index (χ4v) is 2.98. The third-order valence-corrected chi connectivity index (χ3v) is 3.93. The molecule has 0 unspecified atom stereocenters. The summed E-state index contributed by atoms with van der Waals surface area (Å²) in [6, 6.07) is 12.8. The Kier molecular flexibility index (Phi) is 4.22. The van der Waals surface area contributed by atoms with E-state index >= 15 is 0 Å².